The average molecular weight is 301 g/mol. The first-order chi connectivity index (χ1) is 10.6. The van der Waals surface area contributed by atoms with Gasteiger partial charge in [-0.2, -0.15) is 4.98 Å². The molecule has 0 saturated heterocycles. The quantitative estimate of drug-likeness (QED) is 0.817. The molecule has 2 aromatic heterocycles. The van der Waals surface area contributed by atoms with Crippen LogP contribution in [0.2, 0.25) is 0 Å². The normalized spacial score (nSPS) is 10.7. The van der Waals surface area contributed by atoms with E-state index in [1.807, 2.05) is 25.3 Å². The van der Waals surface area contributed by atoms with Gasteiger partial charge in [-0.15, -0.1) is 0 Å². The van der Waals surface area contributed by atoms with Gasteiger partial charge in [0.15, 0.2) is 5.82 Å². The second kappa shape index (κ2) is 7.59. The van der Waals surface area contributed by atoms with E-state index in [0.717, 1.165) is 17.8 Å². The molecule has 0 spiro atoms. The molecule has 22 heavy (non-hydrogen) atoms. The molecule has 2 rings (SSSR count). The van der Waals surface area contributed by atoms with E-state index in [-0.39, 0.29) is 0 Å². The number of aromatic nitrogens is 3. The Bertz CT molecular complexity index is 601. The van der Waals surface area contributed by atoms with Gasteiger partial charge in [-0.25, -0.2) is 4.98 Å². The molecular formula is C16H23N5O. The van der Waals surface area contributed by atoms with E-state index in [4.69, 9.17) is 10.5 Å². The number of rotatable bonds is 7. The summed E-state index contributed by atoms with van der Waals surface area (Å²) in [5.74, 6) is 2.26. The highest BCUT2D eigenvalue weighted by molar-refractivity contribution is 5.67. The number of nitrogens with one attached hydrogen (secondary N) is 1. The van der Waals surface area contributed by atoms with Crippen LogP contribution in [0.15, 0.2) is 24.5 Å². The van der Waals surface area contributed by atoms with Gasteiger partial charge in [0.1, 0.15) is 11.5 Å². The number of nitrogen functional groups attached to an aromatic ring is 1. The third kappa shape index (κ3) is 4.31. The first-order valence-corrected chi connectivity index (χ1v) is 7.52. The zero-order chi connectivity index (χ0) is 15.9. The van der Waals surface area contributed by atoms with Crippen molar-refractivity contribution in [2.24, 2.45) is 5.92 Å². The van der Waals surface area contributed by atoms with Gasteiger partial charge < -0.3 is 15.8 Å². The Kier molecular flexibility index (Phi) is 5.52. The SMILES string of the molecule is CCOc1nc(CC(C)C)nc(NCc2cccnc2)c1N. The van der Waals surface area contributed by atoms with Crippen LogP contribution >= 0.6 is 0 Å². The van der Waals surface area contributed by atoms with Gasteiger partial charge in [0.2, 0.25) is 5.88 Å². The maximum atomic E-state index is 6.11. The summed E-state index contributed by atoms with van der Waals surface area (Å²) in [4.78, 5) is 13.0. The molecule has 0 aliphatic rings. The Morgan fingerprint density at radius 3 is 2.77 bits per heavy atom. The summed E-state index contributed by atoms with van der Waals surface area (Å²) in [5.41, 5.74) is 7.61. The van der Waals surface area contributed by atoms with Crippen molar-refractivity contribution in [3.05, 3.63) is 35.9 Å². The van der Waals surface area contributed by atoms with E-state index in [9.17, 15) is 0 Å². The van der Waals surface area contributed by atoms with E-state index in [1.54, 1.807) is 6.20 Å². The Morgan fingerprint density at radius 1 is 1.32 bits per heavy atom. The molecule has 0 atom stereocenters. The summed E-state index contributed by atoms with van der Waals surface area (Å²) in [7, 11) is 0. The minimum Gasteiger partial charge on any atom is -0.476 e. The van der Waals surface area contributed by atoms with Crippen LogP contribution in [0.5, 0.6) is 5.88 Å². The van der Waals surface area contributed by atoms with Gasteiger partial charge in [0, 0.05) is 25.4 Å². The Balaban J connectivity index is 2.22. The smallest absolute Gasteiger partial charge is 0.242 e. The number of ether oxygens (including phenoxy) is 1. The van der Waals surface area contributed by atoms with Crippen LogP contribution < -0.4 is 15.8 Å². The molecule has 118 valence electrons. The van der Waals surface area contributed by atoms with Crippen LogP contribution in [0.25, 0.3) is 0 Å². The third-order valence-electron chi connectivity index (χ3n) is 3.01. The lowest BCUT2D eigenvalue weighted by atomic mass is 10.1. The van der Waals surface area contributed by atoms with Crippen molar-refractivity contribution in [3.8, 4) is 5.88 Å². The van der Waals surface area contributed by atoms with E-state index in [1.165, 1.54) is 0 Å². The lowest BCUT2D eigenvalue weighted by Gasteiger charge is -2.14. The van der Waals surface area contributed by atoms with Crippen molar-refractivity contribution in [1.82, 2.24) is 15.0 Å². The molecular weight excluding hydrogens is 278 g/mol. The summed E-state index contributed by atoms with van der Waals surface area (Å²) in [6.07, 6.45) is 4.33. The number of hydrogen-bond acceptors (Lipinski definition) is 6. The summed E-state index contributed by atoms with van der Waals surface area (Å²) < 4.78 is 5.52. The molecule has 6 nitrogen and oxygen atoms in total. The van der Waals surface area contributed by atoms with Crippen molar-refractivity contribution >= 4 is 11.5 Å². The zero-order valence-corrected chi connectivity index (χ0v) is 13.3. The van der Waals surface area contributed by atoms with Crippen LogP contribution in [-0.2, 0) is 13.0 Å². The molecule has 0 aliphatic carbocycles. The van der Waals surface area contributed by atoms with Crippen molar-refractivity contribution in [2.45, 2.75) is 33.7 Å². The highest BCUT2D eigenvalue weighted by Gasteiger charge is 2.13. The number of pyridine rings is 1. The van der Waals surface area contributed by atoms with Crippen LogP contribution in [0.3, 0.4) is 0 Å². The van der Waals surface area contributed by atoms with E-state index >= 15 is 0 Å². The highest BCUT2D eigenvalue weighted by atomic mass is 16.5. The first-order valence-electron chi connectivity index (χ1n) is 7.52. The number of anilines is 2. The van der Waals surface area contributed by atoms with Crippen molar-refractivity contribution in [1.29, 1.82) is 0 Å². The summed E-state index contributed by atoms with van der Waals surface area (Å²) in [6, 6.07) is 3.89. The molecule has 0 unspecified atom stereocenters. The highest BCUT2D eigenvalue weighted by Crippen LogP contribution is 2.27. The second-order valence-corrected chi connectivity index (χ2v) is 5.45. The summed E-state index contributed by atoms with van der Waals surface area (Å²) in [6.45, 7) is 7.28. The predicted octanol–water partition coefficient (Wildman–Crippen LogP) is 2.66. The Hall–Kier alpha value is -2.37. The van der Waals surface area contributed by atoms with E-state index < -0.39 is 0 Å². The molecule has 3 N–H and O–H groups in total. The Labute approximate surface area is 131 Å². The third-order valence-corrected chi connectivity index (χ3v) is 3.01. The molecule has 0 fully saturated rings. The summed E-state index contributed by atoms with van der Waals surface area (Å²) >= 11 is 0. The van der Waals surface area contributed by atoms with Crippen molar-refractivity contribution in [2.75, 3.05) is 17.7 Å². The van der Waals surface area contributed by atoms with Gasteiger partial charge in [-0.3, -0.25) is 4.98 Å². The van der Waals surface area contributed by atoms with Crippen LogP contribution in [0.4, 0.5) is 11.5 Å². The molecule has 0 aliphatic heterocycles. The van der Waals surface area contributed by atoms with Gasteiger partial charge in [0.25, 0.3) is 0 Å². The van der Waals surface area contributed by atoms with E-state index in [2.05, 4.69) is 34.1 Å². The molecule has 2 aromatic rings. The minimum atomic E-state index is 0.443. The molecule has 0 bridgehead atoms. The topological polar surface area (TPSA) is 86.0 Å². The van der Waals surface area contributed by atoms with Crippen molar-refractivity contribution < 1.29 is 4.74 Å². The second-order valence-electron chi connectivity index (χ2n) is 5.45. The molecule has 0 aromatic carbocycles. The molecule has 0 saturated carbocycles. The summed E-state index contributed by atoms with van der Waals surface area (Å²) in [5, 5.41) is 3.25. The number of nitrogens with zero attached hydrogens (tertiary/aromatic N) is 3. The van der Waals surface area contributed by atoms with Crippen LogP contribution in [0, 0.1) is 5.92 Å². The van der Waals surface area contributed by atoms with Gasteiger partial charge in [0.05, 0.1) is 6.61 Å². The van der Waals surface area contributed by atoms with Gasteiger partial charge >= 0.3 is 0 Å². The average Bonchev–Trinajstić information content (AvgIpc) is 2.49. The van der Waals surface area contributed by atoms with Crippen LogP contribution in [-0.4, -0.2) is 21.6 Å². The minimum absolute atomic E-state index is 0.443. The lowest BCUT2D eigenvalue weighted by Crippen LogP contribution is -2.12. The molecule has 0 amide bonds. The lowest BCUT2D eigenvalue weighted by molar-refractivity contribution is 0.326. The molecule has 6 heteroatoms. The first kappa shape index (κ1) is 16.0. The van der Waals surface area contributed by atoms with E-state index in [0.29, 0.717) is 36.5 Å². The standard InChI is InChI=1S/C16H23N5O/c1-4-22-16-14(17)15(20-13(21-16)8-11(2)3)19-10-12-6-5-7-18-9-12/h5-7,9,11H,4,8,10,17H2,1-3H3,(H,19,20,21). The maximum absolute atomic E-state index is 6.11. The van der Waals surface area contributed by atoms with Crippen molar-refractivity contribution in [3.63, 3.8) is 0 Å². The maximum Gasteiger partial charge on any atom is 0.242 e. The number of hydrogen-bond donors (Lipinski definition) is 2. The molecule has 0 radical (unpaired) electrons. The largest absolute Gasteiger partial charge is 0.476 e. The zero-order valence-electron chi connectivity index (χ0n) is 13.3. The number of nitrogens with two attached hydrogens (primary N) is 1. The van der Waals surface area contributed by atoms with Crippen LogP contribution in [0.1, 0.15) is 32.2 Å². The fraction of sp³-hybridized carbons (Fsp3) is 0.438. The van der Waals surface area contributed by atoms with Gasteiger partial charge in [-0.05, 0) is 24.5 Å². The van der Waals surface area contributed by atoms with Gasteiger partial charge in [-0.1, -0.05) is 19.9 Å². The Morgan fingerprint density at radius 2 is 2.14 bits per heavy atom. The molecule has 2 heterocycles. The fourth-order valence-corrected chi connectivity index (χ4v) is 2.02. The predicted molar refractivity (Wildman–Crippen MR) is 87.7 cm³/mol. The fourth-order valence-electron chi connectivity index (χ4n) is 2.02. The monoisotopic (exact) mass is 301 g/mol.